The van der Waals surface area contributed by atoms with Gasteiger partial charge in [-0.05, 0) is 22.6 Å². The summed E-state index contributed by atoms with van der Waals surface area (Å²) in [5.74, 6) is 0.697. The number of halogens is 1. The van der Waals surface area contributed by atoms with Crippen molar-refractivity contribution in [2.75, 3.05) is 6.61 Å². The molecule has 0 radical (unpaired) electrons. The quantitative estimate of drug-likeness (QED) is 0.624. The molecule has 1 N–H and O–H groups in total. The van der Waals surface area contributed by atoms with Crippen LogP contribution in [-0.4, -0.2) is 23.1 Å². The molecule has 10 heavy (non-hydrogen) atoms. The normalized spacial score (nSPS) is 22.7. The van der Waals surface area contributed by atoms with Gasteiger partial charge in [-0.2, -0.15) is 5.10 Å². The molecule has 2 rings (SSSR count). The lowest BCUT2D eigenvalue weighted by atomic mass is 10.7. The van der Waals surface area contributed by atoms with Crippen LogP contribution in [0.1, 0.15) is 0 Å². The third-order valence-corrected chi connectivity index (χ3v) is 1.88. The molecule has 1 aliphatic heterocycles. The van der Waals surface area contributed by atoms with Crippen molar-refractivity contribution in [2.45, 2.75) is 6.29 Å². The fraction of sp³-hybridized carbons (Fsp3) is 0.400. The summed E-state index contributed by atoms with van der Waals surface area (Å²) >= 11 is 2.14. The standard InChI is InChI=1S/C5H5IN2O2/c6-3-1-7-8-5(3)10-4-2-9-4/h1,4H,2H2,(H,7,8). The highest BCUT2D eigenvalue weighted by Crippen LogP contribution is 2.21. The first kappa shape index (κ1) is 6.41. The van der Waals surface area contributed by atoms with Gasteiger partial charge in [0.2, 0.25) is 12.2 Å². The monoisotopic (exact) mass is 252 g/mol. The number of hydrogen-bond acceptors (Lipinski definition) is 3. The zero-order valence-corrected chi connectivity index (χ0v) is 7.16. The number of ether oxygens (including phenoxy) is 2. The molecule has 0 saturated carbocycles. The van der Waals surface area contributed by atoms with E-state index in [1.807, 2.05) is 0 Å². The molecule has 1 aromatic heterocycles. The van der Waals surface area contributed by atoms with Crippen LogP contribution in [0.15, 0.2) is 6.20 Å². The number of hydrogen-bond donors (Lipinski definition) is 1. The Morgan fingerprint density at radius 1 is 1.90 bits per heavy atom. The first-order chi connectivity index (χ1) is 4.86. The molecule has 1 fully saturated rings. The molecule has 5 heteroatoms. The van der Waals surface area contributed by atoms with Crippen molar-refractivity contribution in [1.82, 2.24) is 10.2 Å². The first-order valence-electron chi connectivity index (χ1n) is 2.83. The van der Waals surface area contributed by atoms with Crippen LogP contribution in [0.4, 0.5) is 0 Å². The van der Waals surface area contributed by atoms with Crippen molar-refractivity contribution in [3.05, 3.63) is 9.77 Å². The van der Waals surface area contributed by atoms with Gasteiger partial charge in [0.1, 0.15) is 6.61 Å². The van der Waals surface area contributed by atoms with Crippen molar-refractivity contribution in [1.29, 1.82) is 0 Å². The van der Waals surface area contributed by atoms with Crippen LogP contribution in [0.3, 0.4) is 0 Å². The minimum absolute atomic E-state index is 0.0473. The van der Waals surface area contributed by atoms with Crippen LogP contribution in [0.2, 0.25) is 0 Å². The zero-order chi connectivity index (χ0) is 6.97. The Hall–Kier alpha value is -0.300. The molecular formula is C5H5IN2O2. The van der Waals surface area contributed by atoms with Crippen LogP contribution < -0.4 is 4.74 Å². The minimum Gasteiger partial charge on any atom is -0.445 e. The molecule has 1 aliphatic rings. The number of aromatic nitrogens is 2. The number of epoxide rings is 1. The summed E-state index contributed by atoms with van der Waals surface area (Å²) in [7, 11) is 0. The molecule has 0 spiro atoms. The number of nitrogens with one attached hydrogen (secondary N) is 1. The number of H-pyrrole nitrogens is 1. The van der Waals surface area contributed by atoms with Gasteiger partial charge in [0.05, 0.1) is 9.77 Å². The minimum atomic E-state index is -0.0473. The van der Waals surface area contributed by atoms with Gasteiger partial charge in [-0.15, -0.1) is 0 Å². The highest BCUT2D eigenvalue weighted by molar-refractivity contribution is 14.1. The van der Waals surface area contributed by atoms with E-state index in [2.05, 4.69) is 32.8 Å². The largest absolute Gasteiger partial charge is 0.445 e. The molecule has 1 unspecified atom stereocenters. The molecule has 0 aromatic carbocycles. The van der Waals surface area contributed by atoms with Gasteiger partial charge in [0, 0.05) is 0 Å². The highest BCUT2D eigenvalue weighted by atomic mass is 127. The second kappa shape index (κ2) is 2.39. The molecule has 0 aliphatic carbocycles. The average molecular weight is 252 g/mol. The van der Waals surface area contributed by atoms with E-state index in [1.54, 1.807) is 6.20 Å². The Morgan fingerprint density at radius 2 is 2.70 bits per heavy atom. The van der Waals surface area contributed by atoms with Crippen LogP contribution in [0.5, 0.6) is 5.88 Å². The lowest BCUT2D eigenvalue weighted by Crippen LogP contribution is -1.98. The fourth-order valence-corrected chi connectivity index (χ4v) is 0.968. The van der Waals surface area contributed by atoms with Crippen LogP contribution in [0, 0.1) is 3.57 Å². The Morgan fingerprint density at radius 3 is 3.20 bits per heavy atom. The van der Waals surface area contributed by atoms with Gasteiger partial charge in [0.15, 0.2) is 0 Å². The van der Waals surface area contributed by atoms with Gasteiger partial charge in [-0.1, -0.05) is 0 Å². The van der Waals surface area contributed by atoms with Crippen molar-refractivity contribution >= 4 is 22.6 Å². The third kappa shape index (κ3) is 1.24. The Balaban J connectivity index is 2.08. The summed E-state index contributed by atoms with van der Waals surface area (Å²) in [4.78, 5) is 0. The van der Waals surface area contributed by atoms with Crippen molar-refractivity contribution in [2.24, 2.45) is 0 Å². The molecule has 0 bridgehead atoms. The van der Waals surface area contributed by atoms with Gasteiger partial charge in [0.25, 0.3) is 0 Å². The van der Waals surface area contributed by atoms with Crippen molar-refractivity contribution in [3.8, 4) is 5.88 Å². The highest BCUT2D eigenvalue weighted by Gasteiger charge is 2.25. The van der Waals surface area contributed by atoms with Gasteiger partial charge >= 0.3 is 0 Å². The molecular weight excluding hydrogens is 247 g/mol. The van der Waals surface area contributed by atoms with Gasteiger partial charge in [-0.25, -0.2) is 5.10 Å². The molecule has 1 aromatic rings. The summed E-state index contributed by atoms with van der Waals surface area (Å²) in [6.07, 6.45) is 1.66. The van der Waals surface area contributed by atoms with Crippen LogP contribution >= 0.6 is 22.6 Å². The Bertz CT molecular complexity index is 233. The Kier molecular flexibility index (Phi) is 1.53. The van der Waals surface area contributed by atoms with Crippen molar-refractivity contribution in [3.63, 3.8) is 0 Å². The summed E-state index contributed by atoms with van der Waals surface area (Å²) in [5.41, 5.74) is 0. The summed E-state index contributed by atoms with van der Waals surface area (Å²) in [5, 5.41) is 6.51. The van der Waals surface area contributed by atoms with E-state index in [1.165, 1.54) is 0 Å². The summed E-state index contributed by atoms with van der Waals surface area (Å²) in [6, 6.07) is 0. The number of aromatic amines is 1. The second-order valence-corrected chi connectivity index (χ2v) is 3.09. The maximum Gasteiger partial charge on any atom is 0.225 e. The predicted molar refractivity (Wildman–Crippen MR) is 41.7 cm³/mol. The Labute approximate surface area is 71.0 Å². The fourth-order valence-electron chi connectivity index (χ4n) is 0.581. The summed E-state index contributed by atoms with van der Waals surface area (Å²) < 4.78 is 11.1. The third-order valence-electron chi connectivity index (χ3n) is 1.11. The van der Waals surface area contributed by atoms with E-state index in [4.69, 9.17) is 9.47 Å². The average Bonchev–Trinajstić information content (AvgIpc) is 2.62. The maximum atomic E-state index is 5.25. The van der Waals surface area contributed by atoms with Gasteiger partial charge < -0.3 is 9.47 Å². The molecule has 2 heterocycles. The first-order valence-corrected chi connectivity index (χ1v) is 3.91. The topological polar surface area (TPSA) is 50.4 Å². The molecule has 1 atom stereocenters. The summed E-state index contributed by atoms with van der Waals surface area (Å²) in [6.45, 7) is 0.690. The van der Waals surface area contributed by atoms with E-state index in [0.717, 1.165) is 3.57 Å². The smallest absolute Gasteiger partial charge is 0.225 e. The van der Waals surface area contributed by atoms with E-state index in [9.17, 15) is 0 Å². The number of nitrogens with zero attached hydrogens (tertiary/aromatic N) is 1. The van der Waals surface area contributed by atoms with Crippen LogP contribution in [-0.2, 0) is 4.74 Å². The van der Waals surface area contributed by atoms with E-state index >= 15 is 0 Å². The van der Waals surface area contributed by atoms with E-state index < -0.39 is 0 Å². The van der Waals surface area contributed by atoms with Crippen LogP contribution in [0.25, 0.3) is 0 Å². The molecule has 1 saturated heterocycles. The lowest BCUT2D eigenvalue weighted by Gasteiger charge is -1.96. The lowest BCUT2D eigenvalue weighted by molar-refractivity contribution is 0.171. The number of rotatable bonds is 2. The van der Waals surface area contributed by atoms with Crippen molar-refractivity contribution < 1.29 is 9.47 Å². The predicted octanol–water partition coefficient (Wildman–Crippen LogP) is 0.749. The molecule has 0 amide bonds. The second-order valence-electron chi connectivity index (χ2n) is 1.93. The van der Waals surface area contributed by atoms with E-state index in [0.29, 0.717) is 12.5 Å². The molecule has 54 valence electrons. The molecule has 4 nitrogen and oxygen atoms in total. The SMILES string of the molecule is Ic1cn[nH]c1OC1CO1. The zero-order valence-electron chi connectivity index (χ0n) is 5.00. The maximum absolute atomic E-state index is 5.25. The van der Waals surface area contributed by atoms with Gasteiger partial charge in [-0.3, -0.25) is 0 Å². The van der Waals surface area contributed by atoms with E-state index in [-0.39, 0.29) is 6.29 Å².